The molecular formula is C18H13ClF2N2O2. The third kappa shape index (κ3) is 3.49. The summed E-state index contributed by atoms with van der Waals surface area (Å²) in [7, 11) is 1.56. The largest absolute Gasteiger partial charge is 0.454 e. The Balaban J connectivity index is 2.12. The molecule has 3 rings (SSSR count). The fourth-order valence-corrected chi connectivity index (χ4v) is 2.61. The lowest BCUT2D eigenvalue weighted by Crippen LogP contribution is -2.16. The fraction of sp³-hybridized carbons (Fsp3) is 0.0556. The van der Waals surface area contributed by atoms with Gasteiger partial charge in [-0.3, -0.25) is 4.79 Å². The lowest BCUT2D eigenvalue weighted by Gasteiger charge is -2.14. The molecule has 3 aromatic rings. The topological polar surface area (TPSA) is 57.2 Å². The summed E-state index contributed by atoms with van der Waals surface area (Å²) < 4.78 is 33.8. The van der Waals surface area contributed by atoms with E-state index < -0.39 is 11.6 Å². The number of halogens is 3. The fourth-order valence-electron chi connectivity index (χ4n) is 2.36. The van der Waals surface area contributed by atoms with Gasteiger partial charge in [-0.25, -0.2) is 8.78 Å². The second-order valence-corrected chi connectivity index (χ2v) is 5.83. The molecule has 0 saturated heterocycles. The number of benzene rings is 2. The average Bonchev–Trinajstić information content (AvgIpc) is 2.56. The Morgan fingerprint density at radius 2 is 1.80 bits per heavy atom. The molecule has 25 heavy (non-hydrogen) atoms. The molecule has 0 aliphatic heterocycles. The number of pyridine rings is 1. The molecule has 7 heteroatoms. The molecule has 0 bridgehead atoms. The number of ether oxygens (including phenoxy) is 1. The van der Waals surface area contributed by atoms with E-state index in [0.29, 0.717) is 16.8 Å². The van der Waals surface area contributed by atoms with E-state index in [2.05, 4.69) is 0 Å². The smallest absolute Gasteiger partial charge is 0.269 e. The zero-order valence-corrected chi connectivity index (χ0v) is 13.8. The van der Waals surface area contributed by atoms with Gasteiger partial charge < -0.3 is 15.0 Å². The number of nitrogens with two attached hydrogens (primary N) is 1. The van der Waals surface area contributed by atoms with Gasteiger partial charge in [-0.15, -0.1) is 0 Å². The van der Waals surface area contributed by atoms with E-state index in [4.69, 9.17) is 22.1 Å². The number of hydrogen-bond acceptors (Lipinski definition) is 3. The van der Waals surface area contributed by atoms with Crippen LogP contribution in [-0.2, 0) is 7.05 Å². The van der Waals surface area contributed by atoms with Crippen LogP contribution >= 0.6 is 11.6 Å². The molecule has 128 valence electrons. The monoisotopic (exact) mass is 362 g/mol. The van der Waals surface area contributed by atoms with E-state index in [1.807, 2.05) is 0 Å². The van der Waals surface area contributed by atoms with Crippen LogP contribution in [0, 0.1) is 11.6 Å². The Bertz CT molecular complexity index is 992. The maximum Gasteiger partial charge on any atom is 0.269 e. The number of nitrogen functional groups attached to an aromatic ring is 1. The highest BCUT2D eigenvalue weighted by atomic mass is 35.5. The van der Waals surface area contributed by atoms with Crippen molar-refractivity contribution in [1.29, 1.82) is 0 Å². The lowest BCUT2D eigenvalue weighted by atomic mass is 10.1. The van der Waals surface area contributed by atoms with E-state index in [9.17, 15) is 13.6 Å². The average molecular weight is 363 g/mol. The van der Waals surface area contributed by atoms with Crippen molar-refractivity contribution in [3.05, 3.63) is 75.7 Å². The quantitative estimate of drug-likeness (QED) is 0.704. The molecule has 0 fully saturated rings. The second kappa shape index (κ2) is 6.57. The number of hydrogen-bond donors (Lipinski definition) is 1. The van der Waals surface area contributed by atoms with E-state index in [1.165, 1.54) is 16.7 Å². The minimum Gasteiger partial charge on any atom is -0.454 e. The van der Waals surface area contributed by atoms with Crippen molar-refractivity contribution in [1.82, 2.24) is 4.57 Å². The molecule has 0 spiro atoms. The maximum absolute atomic E-state index is 13.9. The summed E-state index contributed by atoms with van der Waals surface area (Å²) in [6.45, 7) is 0. The summed E-state index contributed by atoms with van der Waals surface area (Å²) in [6, 6.07) is 9.27. The number of aryl methyl sites for hydroxylation is 1. The van der Waals surface area contributed by atoms with Crippen molar-refractivity contribution >= 4 is 17.3 Å². The minimum atomic E-state index is -0.832. The van der Waals surface area contributed by atoms with Crippen molar-refractivity contribution in [3.63, 3.8) is 0 Å². The van der Waals surface area contributed by atoms with E-state index >= 15 is 0 Å². The molecular weight excluding hydrogens is 350 g/mol. The minimum absolute atomic E-state index is 0.0290. The van der Waals surface area contributed by atoms with Gasteiger partial charge in [0.15, 0.2) is 11.6 Å². The maximum atomic E-state index is 13.9. The first-order chi connectivity index (χ1) is 11.8. The van der Waals surface area contributed by atoms with Gasteiger partial charge in [0.2, 0.25) is 0 Å². The van der Waals surface area contributed by atoms with Crippen molar-refractivity contribution < 1.29 is 13.5 Å². The summed E-state index contributed by atoms with van der Waals surface area (Å²) in [5.41, 5.74) is 7.02. The molecule has 0 amide bonds. The van der Waals surface area contributed by atoms with Gasteiger partial charge >= 0.3 is 0 Å². The van der Waals surface area contributed by atoms with Gasteiger partial charge in [0.1, 0.15) is 16.6 Å². The highest BCUT2D eigenvalue weighted by Crippen LogP contribution is 2.36. The van der Waals surface area contributed by atoms with E-state index in [0.717, 1.165) is 12.1 Å². The highest BCUT2D eigenvalue weighted by Gasteiger charge is 2.13. The SMILES string of the molecule is Cn1cc(-c2cc(N)ccc2Oc2ccc(F)cc2F)cc(Cl)c1=O. The molecule has 1 heterocycles. The summed E-state index contributed by atoms with van der Waals surface area (Å²) in [6.07, 6.45) is 1.57. The Kier molecular flexibility index (Phi) is 4.46. The zero-order chi connectivity index (χ0) is 18.1. The Morgan fingerprint density at radius 1 is 1.08 bits per heavy atom. The highest BCUT2D eigenvalue weighted by molar-refractivity contribution is 6.30. The molecule has 2 aromatic carbocycles. The zero-order valence-electron chi connectivity index (χ0n) is 13.1. The first-order valence-corrected chi connectivity index (χ1v) is 7.62. The van der Waals surface area contributed by atoms with Crippen LogP contribution in [0.1, 0.15) is 0 Å². The lowest BCUT2D eigenvalue weighted by molar-refractivity contribution is 0.439. The van der Waals surface area contributed by atoms with Gasteiger partial charge in [0.25, 0.3) is 5.56 Å². The summed E-state index contributed by atoms with van der Waals surface area (Å²) in [5, 5.41) is 0.0290. The van der Waals surface area contributed by atoms with Crippen LogP contribution in [0.3, 0.4) is 0 Å². The molecule has 2 N–H and O–H groups in total. The van der Waals surface area contributed by atoms with E-state index in [-0.39, 0.29) is 22.1 Å². The first-order valence-electron chi connectivity index (χ1n) is 7.24. The molecule has 1 aromatic heterocycles. The third-order valence-electron chi connectivity index (χ3n) is 3.57. The number of rotatable bonds is 3. The van der Waals surface area contributed by atoms with Crippen LogP contribution in [0.2, 0.25) is 5.02 Å². The van der Waals surface area contributed by atoms with Gasteiger partial charge in [0, 0.05) is 36.1 Å². The number of anilines is 1. The van der Waals surface area contributed by atoms with Crippen molar-refractivity contribution in [2.75, 3.05) is 5.73 Å². The van der Waals surface area contributed by atoms with E-state index in [1.54, 1.807) is 31.4 Å². The second-order valence-electron chi connectivity index (χ2n) is 5.43. The van der Waals surface area contributed by atoms with Gasteiger partial charge in [-0.2, -0.15) is 0 Å². The number of nitrogens with zero attached hydrogens (tertiary/aromatic N) is 1. The Morgan fingerprint density at radius 3 is 2.48 bits per heavy atom. The molecule has 0 aliphatic rings. The molecule has 4 nitrogen and oxygen atoms in total. The predicted molar refractivity (Wildman–Crippen MR) is 93.0 cm³/mol. The standard InChI is InChI=1S/C18H13ClF2N2O2/c1-23-9-10(6-14(19)18(23)24)13-8-12(22)3-5-16(13)25-17-4-2-11(20)7-15(17)21/h2-9H,22H2,1H3. The number of aromatic nitrogens is 1. The van der Waals surface area contributed by atoms with Crippen LogP contribution < -0.4 is 16.0 Å². The van der Waals surface area contributed by atoms with Crippen LogP contribution in [0.15, 0.2) is 53.5 Å². The Labute approximate surface area is 147 Å². The predicted octanol–water partition coefficient (Wildman–Crippen LogP) is 4.36. The molecule has 0 radical (unpaired) electrons. The van der Waals surface area contributed by atoms with Gasteiger partial charge in [0.05, 0.1) is 0 Å². The van der Waals surface area contributed by atoms with Crippen molar-refractivity contribution in [2.24, 2.45) is 7.05 Å². The van der Waals surface area contributed by atoms with Crippen LogP contribution in [0.4, 0.5) is 14.5 Å². The Hall–Kier alpha value is -2.86. The van der Waals surface area contributed by atoms with Gasteiger partial charge in [-0.1, -0.05) is 11.6 Å². The summed E-state index contributed by atoms with van der Waals surface area (Å²) in [5.74, 6) is -1.38. The molecule has 0 saturated carbocycles. The molecule has 0 aliphatic carbocycles. The van der Waals surface area contributed by atoms with Crippen molar-refractivity contribution in [2.45, 2.75) is 0 Å². The van der Waals surface area contributed by atoms with Crippen LogP contribution in [0.25, 0.3) is 11.1 Å². The summed E-state index contributed by atoms with van der Waals surface area (Å²) >= 11 is 5.96. The van der Waals surface area contributed by atoms with Gasteiger partial charge in [-0.05, 0) is 36.4 Å². The molecule has 0 atom stereocenters. The molecule has 0 unspecified atom stereocenters. The first kappa shape index (κ1) is 17.0. The van der Waals surface area contributed by atoms with Crippen LogP contribution in [-0.4, -0.2) is 4.57 Å². The normalized spacial score (nSPS) is 10.7. The third-order valence-corrected chi connectivity index (χ3v) is 3.84. The van der Waals surface area contributed by atoms with Crippen LogP contribution in [0.5, 0.6) is 11.5 Å². The summed E-state index contributed by atoms with van der Waals surface area (Å²) in [4.78, 5) is 11.8. The van der Waals surface area contributed by atoms with Crippen molar-refractivity contribution in [3.8, 4) is 22.6 Å².